The molecule has 3 rings (SSSR count). The molecule has 0 radical (unpaired) electrons. The van der Waals surface area contributed by atoms with Crippen LogP contribution in [-0.4, -0.2) is 46.6 Å². The molecular formula is C19H24N2O4S. The normalized spacial score (nSPS) is 23.7. The number of ether oxygens (including phenoxy) is 1. The highest BCUT2D eigenvalue weighted by molar-refractivity contribution is 8.00. The van der Waals surface area contributed by atoms with Gasteiger partial charge in [-0.15, -0.1) is 11.8 Å². The summed E-state index contributed by atoms with van der Waals surface area (Å²) in [6, 6.07) is 5.36. The van der Waals surface area contributed by atoms with Crippen LogP contribution in [0.25, 0.3) is 0 Å². The SMILES string of the molecule is C[C@@H]1CCC[C@H](C)N1C(=O)[C@@H](C)OC(=O)c1ccc2c(c1)NC(=O)CS2. The number of carbonyl (C=O) groups excluding carboxylic acids is 3. The molecule has 7 heteroatoms. The largest absolute Gasteiger partial charge is 0.449 e. The highest BCUT2D eigenvalue weighted by Crippen LogP contribution is 2.32. The highest BCUT2D eigenvalue weighted by Gasteiger charge is 2.33. The molecule has 3 atom stereocenters. The number of likely N-dealkylation sites (tertiary alicyclic amines) is 1. The van der Waals surface area contributed by atoms with E-state index in [9.17, 15) is 14.4 Å². The van der Waals surface area contributed by atoms with Crippen molar-refractivity contribution in [2.45, 2.75) is 63.1 Å². The van der Waals surface area contributed by atoms with Gasteiger partial charge < -0.3 is 15.0 Å². The average Bonchev–Trinajstić information content (AvgIpc) is 2.60. The van der Waals surface area contributed by atoms with Crippen LogP contribution in [0.5, 0.6) is 0 Å². The van der Waals surface area contributed by atoms with E-state index in [1.54, 1.807) is 25.1 Å². The summed E-state index contributed by atoms with van der Waals surface area (Å²) in [6.07, 6.45) is 2.21. The number of thioether (sulfide) groups is 1. The summed E-state index contributed by atoms with van der Waals surface area (Å²) in [5, 5.41) is 2.75. The van der Waals surface area contributed by atoms with Gasteiger partial charge in [-0.2, -0.15) is 0 Å². The van der Waals surface area contributed by atoms with Crippen LogP contribution < -0.4 is 5.32 Å². The Labute approximate surface area is 157 Å². The smallest absolute Gasteiger partial charge is 0.338 e. The molecule has 0 bridgehead atoms. The summed E-state index contributed by atoms with van der Waals surface area (Å²) < 4.78 is 5.42. The van der Waals surface area contributed by atoms with Crippen molar-refractivity contribution in [3.05, 3.63) is 23.8 Å². The minimum atomic E-state index is -0.842. The number of rotatable bonds is 3. The van der Waals surface area contributed by atoms with Crippen molar-refractivity contribution in [1.82, 2.24) is 4.90 Å². The maximum atomic E-state index is 12.7. The predicted molar refractivity (Wildman–Crippen MR) is 100 cm³/mol. The molecule has 2 heterocycles. The molecule has 140 valence electrons. The maximum absolute atomic E-state index is 12.7. The van der Waals surface area contributed by atoms with Crippen LogP contribution in [0.3, 0.4) is 0 Å². The summed E-state index contributed by atoms with van der Waals surface area (Å²) >= 11 is 1.43. The number of fused-ring (bicyclic) bond motifs is 1. The quantitative estimate of drug-likeness (QED) is 0.821. The summed E-state index contributed by atoms with van der Waals surface area (Å²) in [6.45, 7) is 5.68. The van der Waals surface area contributed by atoms with Crippen LogP contribution in [0, 0.1) is 0 Å². The maximum Gasteiger partial charge on any atom is 0.338 e. The van der Waals surface area contributed by atoms with Gasteiger partial charge in [0.2, 0.25) is 5.91 Å². The zero-order valence-corrected chi connectivity index (χ0v) is 16.1. The lowest BCUT2D eigenvalue weighted by molar-refractivity contribution is -0.146. The van der Waals surface area contributed by atoms with E-state index in [1.807, 2.05) is 18.7 Å². The van der Waals surface area contributed by atoms with Crippen LogP contribution in [0.1, 0.15) is 50.4 Å². The van der Waals surface area contributed by atoms with Crippen molar-refractivity contribution >= 4 is 35.2 Å². The van der Waals surface area contributed by atoms with Crippen LogP contribution in [-0.2, 0) is 14.3 Å². The Morgan fingerprint density at radius 2 is 1.96 bits per heavy atom. The molecule has 6 nitrogen and oxygen atoms in total. The first-order valence-electron chi connectivity index (χ1n) is 8.96. The van der Waals surface area contributed by atoms with E-state index in [-0.39, 0.29) is 23.9 Å². The van der Waals surface area contributed by atoms with Gasteiger partial charge in [-0.1, -0.05) is 0 Å². The van der Waals surface area contributed by atoms with Gasteiger partial charge in [-0.05, 0) is 58.2 Å². The molecule has 2 aliphatic heterocycles. The first-order valence-corrected chi connectivity index (χ1v) is 9.95. The molecule has 1 N–H and O–H groups in total. The first kappa shape index (κ1) is 18.8. The van der Waals surface area contributed by atoms with E-state index in [2.05, 4.69) is 5.32 Å². The first-order chi connectivity index (χ1) is 12.4. The fourth-order valence-corrected chi connectivity index (χ4v) is 4.34. The fraction of sp³-hybridized carbons (Fsp3) is 0.526. The summed E-state index contributed by atoms with van der Waals surface area (Å²) in [5.74, 6) is -0.436. The molecule has 26 heavy (non-hydrogen) atoms. The third kappa shape index (κ3) is 3.87. The molecular weight excluding hydrogens is 352 g/mol. The lowest BCUT2D eigenvalue weighted by atomic mass is 9.97. The van der Waals surface area contributed by atoms with E-state index >= 15 is 0 Å². The van der Waals surface area contributed by atoms with Gasteiger partial charge in [-0.3, -0.25) is 9.59 Å². The zero-order valence-electron chi connectivity index (χ0n) is 15.3. The van der Waals surface area contributed by atoms with Crippen molar-refractivity contribution in [3.8, 4) is 0 Å². The molecule has 0 spiro atoms. The minimum Gasteiger partial charge on any atom is -0.449 e. The van der Waals surface area contributed by atoms with E-state index in [0.29, 0.717) is 17.0 Å². The number of amides is 2. The molecule has 0 aliphatic carbocycles. The second-order valence-electron chi connectivity index (χ2n) is 6.97. The molecule has 0 saturated carbocycles. The Morgan fingerprint density at radius 1 is 1.27 bits per heavy atom. The number of carbonyl (C=O) groups is 3. The number of piperidine rings is 1. The lowest BCUT2D eigenvalue weighted by Gasteiger charge is -2.40. The van der Waals surface area contributed by atoms with Gasteiger partial charge >= 0.3 is 5.97 Å². The number of hydrogen-bond acceptors (Lipinski definition) is 5. The van der Waals surface area contributed by atoms with E-state index in [4.69, 9.17) is 4.74 Å². The Kier molecular flexibility index (Phi) is 5.55. The van der Waals surface area contributed by atoms with Crippen molar-refractivity contribution in [2.75, 3.05) is 11.1 Å². The van der Waals surface area contributed by atoms with Crippen molar-refractivity contribution < 1.29 is 19.1 Å². The summed E-state index contributed by atoms with van der Waals surface area (Å²) in [5.41, 5.74) is 0.934. The zero-order chi connectivity index (χ0) is 18.8. The van der Waals surface area contributed by atoms with Gasteiger partial charge in [-0.25, -0.2) is 4.79 Å². The molecule has 0 aromatic heterocycles. The van der Waals surface area contributed by atoms with Crippen molar-refractivity contribution in [3.63, 3.8) is 0 Å². The molecule has 0 unspecified atom stereocenters. The van der Waals surface area contributed by atoms with Gasteiger partial charge in [0.15, 0.2) is 6.10 Å². The summed E-state index contributed by atoms with van der Waals surface area (Å²) in [4.78, 5) is 39.5. The van der Waals surface area contributed by atoms with Gasteiger partial charge in [0, 0.05) is 17.0 Å². The van der Waals surface area contributed by atoms with Crippen molar-refractivity contribution in [1.29, 1.82) is 0 Å². The molecule has 1 saturated heterocycles. The Bertz CT molecular complexity index is 726. The monoisotopic (exact) mass is 376 g/mol. The number of esters is 1. The number of nitrogens with one attached hydrogen (secondary N) is 1. The third-order valence-corrected chi connectivity index (χ3v) is 6.00. The summed E-state index contributed by atoms with van der Waals surface area (Å²) in [7, 11) is 0. The Balaban J connectivity index is 1.68. The minimum absolute atomic E-state index is 0.0929. The average molecular weight is 376 g/mol. The van der Waals surface area contributed by atoms with Crippen LogP contribution >= 0.6 is 11.8 Å². The fourth-order valence-electron chi connectivity index (χ4n) is 3.55. The third-order valence-electron chi connectivity index (χ3n) is 4.93. The van der Waals surface area contributed by atoms with E-state index < -0.39 is 12.1 Å². The van der Waals surface area contributed by atoms with Gasteiger partial charge in [0.05, 0.1) is 17.0 Å². The van der Waals surface area contributed by atoms with Crippen LogP contribution in [0.4, 0.5) is 5.69 Å². The number of anilines is 1. The second kappa shape index (κ2) is 7.70. The molecule has 1 aromatic rings. The van der Waals surface area contributed by atoms with Crippen molar-refractivity contribution in [2.24, 2.45) is 0 Å². The molecule has 2 aliphatic rings. The Morgan fingerprint density at radius 3 is 2.65 bits per heavy atom. The highest BCUT2D eigenvalue weighted by atomic mass is 32.2. The van der Waals surface area contributed by atoms with E-state index in [0.717, 1.165) is 24.2 Å². The molecule has 2 amide bonds. The van der Waals surface area contributed by atoms with Gasteiger partial charge in [0.1, 0.15) is 0 Å². The van der Waals surface area contributed by atoms with Crippen LogP contribution in [0.15, 0.2) is 23.1 Å². The number of benzene rings is 1. The molecule has 1 aromatic carbocycles. The lowest BCUT2D eigenvalue weighted by Crippen LogP contribution is -2.51. The number of nitrogens with zero attached hydrogens (tertiary/aromatic N) is 1. The Hall–Kier alpha value is -2.02. The predicted octanol–water partition coefficient (Wildman–Crippen LogP) is 3.07. The topological polar surface area (TPSA) is 75.7 Å². The standard InChI is InChI=1S/C19H24N2O4S/c1-11-5-4-6-12(2)21(11)18(23)13(3)25-19(24)14-7-8-16-15(9-14)20-17(22)10-26-16/h7-9,11-13H,4-6,10H2,1-3H3,(H,20,22)/t11-,12+,13-/m1/s1. The van der Waals surface area contributed by atoms with Crippen LogP contribution in [0.2, 0.25) is 0 Å². The van der Waals surface area contributed by atoms with Gasteiger partial charge in [0.25, 0.3) is 5.91 Å². The van der Waals surface area contributed by atoms with E-state index in [1.165, 1.54) is 11.8 Å². The molecule has 1 fully saturated rings. The number of hydrogen-bond donors (Lipinski definition) is 1. The second-order valence-corrected chi connectivity index (χ2v) is 7.99.